The number of hydrogen-bond acceptors (Lipinski definition) is 3. The summed E-state index contributed by atoms with van der Waals surface area (Å²) in [4.78, 5) is 0. The highest BCUT2D eigenvalue weighted by Gasteiger charge is 2.29. The molecule has 3 nitrogen and oxygen atoms in total. The van der Waals surface area contributed by atoms with Gasteiger partial charge in [-0.2, -0.15) is 0 Å². The third kappa shape index (κ3) is 6.51. The Morgan fingerprint density at radius 3 is 1.07 bits per heavy atom. The van der Waals surface area contributed by atoms with Gasteiger partial charge in [0.1, 0.15) is 17.2 Å². The van der Waals surface area contributed by atoms with E-state index in [-0.39, 0.29) is 28.1 Å². The van der Waals surface area contributed by atoms with Crippen molar-refractivity contribution in [3.63, 3.8) is 0 Å². The van der Waals surface area contributed by atoms with Gasteiger partial charge in [-0.15, -0.1) is 0 Å². The van der Waals surface area contributed by atoms with Crippen molar-refractivity contribution in [2.45, 2.75) is 125 Å². The van der Waals surface area contributed by atoms with Crippen LogP contribution in [0.3, 0.4) is 0 Å². The molecule has 3 aromatic rings. The van der Waals surface area contributed by atoms with E-state index in [9.17, 15) is 15.3 Å². The number of phenols is 3. The number of aryl methyl sites for hydroxylation is 3. The summed E-state index contributed by atoms with van der Waals surface area (Å²) in [5.74, 6) is 1.36. The highest BCUT2D eigenvalue weighted by Crippen LogP contribution is 2.44. The van der Waals surface area contributed by atoms with Gasteiger partial charge in [-0.05, 0) is 99.4 Å². The summed E-state index contributed by atoms with van der Waals surface area (Å²) in [5, 5.41) is 32.9. The fourth-order valence-corrected chi connectivity index (χ4v) is 5.78. The first-order valence-corrected chi connectivity index (χ1v) is 14.6. The minimum atomic E-state index is -0.210. The van der Waals surface area contributed by atoms with Gasteiger partial charge in [-0.25, -0.2) is 0 Å². The van der Waals surface area contributed by atoms with Gasteiger partial charge in [0.25, 0.3) is 0 Å². The summed E-state index contributed by atoms with van der Waals surface area (Å²) in [5.41, 5.74) is 8.48. The first kappa shape index (κ1) is 31.6. The van der Waals surface area contributed by atoms with Crippen molar-refractivity contribution in [3.8, 4) is 17.2 Å². The van der Waals surface area contributed by atoms with E-state index in [4.69, 9.17) is 0 Å². The van der Waals surface area contributed by atoms with E-state index in [0.29, 0.717) is 17.2 Å². The lowest BCUT2D eigenvalue weighted by Gasteiger charge is -2.30. The quantitative estimate of drug-likeness (QED) is 0.299. The molecule has 3 heteroatoms. The van der Waals surface area contributed by atoms with E-state index in [1.807, 2.05) is 20.8 Å². The monoisotopic (exact) mass is 544 g/mol. The molecule has 0 spiro atoms. The Labute approximate surface area is 243 Å². The Balaban J connectivity index is 2.27. The number of hydrogen-bond donors (Lipinski definition) is 3. The molecule has 40 heavy (non-hydrogen) atoms. The molecule has 0 radical (unpaired) electrons. The van der Waals surface area contributed by atoms with Gasteiger partial charge in [-0.3, -0.25) is 0 Å². The minimum Gasteiger partial charge on any atom is -0.507 e. The van der Waals surface area contributed by atoms with Crippen LogP contribution in [0.2, 0.25) is 0 Å². The van der Waals surface area contributed by atoms with Crippen molar-refractivity contribution < 1.29 is 15.3 Å². The van der Waals surface area contributed by atoms with Crippen LogP contribution < -0.4 is 0 Å². The van der Waals surface area contributed by atoms with Crippen molar-refractivity contribution in [2.75, 3.05) is 0 Å². The lowest BCUT2D eigenvalue weighted by atomic mass is 9.75. The second kappa shape index (κ2) is 10.8. The van der Waals surface area contributed by atoms with E-state index in [0.717, 1.165) is 39.8 Å². The maximum atomic E-state index is 11.0. The van der Waals surface area contributed by atoms with Gasteiger partial charge in [0.2, 0.25) is 0 Å². The van der Waals surface area contributed by atoms with E-state index in [1.54, 1.807) is 0 Å². The lowest BCUT2D eigenvalue weighted by Crippen LogP contribution is -2.16. The molecule has 218 valence electrons. The van der Waals surface area contributed by atoms with E-state index < -0.39 is 0 Å². The number of aromatic hydroxyl groups is 3. The molecule has 0 saturated heterocycles. The van der Waals surface area contributed by atoms with E-state index in [2.05, 4.69) is 106 Å². The van der Waals surface area contributed by atoms with Crippen LogP contribution in [0.4, 0.5) is 0 Å². The molecular formula is C37H52O3. The van der Waals surface area contributed by atoms with Gasteiger partial charge in [0.15, 0.2) is 0 Å². The van der Waals surface area contributed by atoms with Crippen LogP contribution in [0.1, 0.15) is 138 Å². The summed E-state index contributed by atoms with van der Waals surface area (Å²) in [7, 11) is 0. The lowest BCUT2D eigenvalue weighted by molar-refractivity contribution is 0.441. The highest BCUT2D eigenvalue weighted by atomic mass is 16.3. The van der Waals surface area contributed by atoms with E-state index >= 15 is 0 Å². The van der Waals surface area contributed by atoms with Crippen molar-refractivity contribution in [2.24, 2.45) is 0 Å². The number of rotatable bonds is 5. The SMILES string of the molecule is Cc1cc(C(C)CC(c2cc(C)c(O)c(C(C)(C)C)c2)c2cc(C)c(O)c(C(C)(C)C)c2)cc(C(C)(C)C)c1O. The molecule has 1 unspecified atom stereocenters. The molecule has 0 heterocycles. The summed E-state index contributed by atoms with van der Waals surface area (Å²) < 4.78 is 0. The molecule has 3 aromatic carbocycles. The summed E-state index contributed by atoms with van der Waals surface area (Å²) in [6.45, 7) is 27.5. The number of phenolic OH excluding ortho intramolecular Hbond substituents is 3. The molecule has 0 aliphatic heterocycles. The molecule has 0 bridgehead atoms. The molecule has 3 N–H and O–H groups in total. The van der Waals surface area contributed by atoms with Gasteiger partial charge in [0, 0.05) is 5.92 Å². The van der Waals surface area contributed by atoms with Crippen LogP contribution in [0.25, 0.3) is 0 Å². The summed E-state index contributed by atoms with van der Waals surface area (Å²) in [6.07, 6.45) is 0.843. The van der Waals surface area contributed by atoms with Gasteiger partial charge in [0.05, 0.1) is 0 Å². The normalized spacial score (nSPS) is 13.7. The second-order valence-electron chi connectivity index (χ2n) is 15.1. The van der Waals surface area contributed by atoms with Crippen molar-refractivity contribution in [3.05, 3.63) is 86.5 Å². The first-order valence-electron chi connectivity index (χ1n) is 14.6. The van der Waals surface area contributed by atoms with Crippen LogP contribution >= 0.6 is 0 Å². The smallest absolute Gasteiger partial charge is 0.122 e. The summed E-state index contributed by atoms with van der Waals surface area (Å²) >= 11 is 0. The molecule has 1 atom stereocenters. The highest BCUT2D eigenvalue weighted by molar-refractivity contribution is 5.53. The average molecular weight is 545 g/mol. The van der Waals surface area contributed by atoms with Crippen LogP contribution in [0.15, 0.2) is 36.4 Å². The molecule has 3 rings (SSSR count). The Morgan fingerprint density at radius 2 is 0.775 bits per heavy atom. The maximum absolute atomic E-state index is 11.0. The second-order valence-corrected chi connectivity index (χ2v) is 15.1. The summed E-state index contributed by atoms with van der Waals surface area (Å²) in [6, 6.07) is 12.9. The van der Waals surface area contributed by atoms with Crippen LogP contribution in [-0.4, -0.2) is 15.3 Å². The Morgan fingerprint density at radius 1 is 0.500 bits per heavy atom. The van der Waals surface area contributed by atoms with Crippen molar-refractivity contribution >= 4 is 0 Å². The third-order valence-corrected chi connectivity index (χ3v) is 8.36. The van der Waals surface area contributed by atoms with Crippen LogP contribution in [0.5, 0.6) is 17.2 Å². The average Bonchev–Trinajstić information content (AvgIpc) is 2.80. The van der Waals surface area contributed by atoms with Crippen molar-refractivity contribution in [1.82, 2.24) is 0 Å². The number of benzene rings is 3. The third-order valence-electron chi connectivity index (χ3n) is 8.36. The predicted molar refractivity (Wildman–Crippen MR) is 170 cm³/mol. The standard InChI is InChI=1S/C37H52O3/c1-21(25-14-22(2)32(38)29(18-25)35(5,6)7)17-28(26-15-23(3)33(39)30(19-26)36(8,9)10)27-16-24(4)34(40)31(20-27)37(11,12)13/h14-16,18-21,28,38-40H,17H2,1-13H3. The zero-order valence-electron chi connectivity index (χ0n) is 27.2. The molecule has 0 fully saturated rings. The zero-order chi connectivity index (χ0) is 30.5. The predicted octanol–water partition coefficient (Wildman–Crippen LogP) is 9.95. The van der Waals surface area contributed by atoms with Gasteiger partial charge >= 0.3 is 0 Å². The maximum Gasteiger partial charge on any atom is 0.122 e. The van der Waals surface area contributed by atoms with Crippen molar-refractivity contribution in [1.29, 1.82) is 0 Å². The molecule has 0 saturated carbocycles. The zero-order valence-corrected chi connectivity index (χ0v) is 27.2. The van der Waals surface area contributed by atoms with Gasteiger partial charge in [-0.1, -0.05) is 106 Å². The molecule has 0 aliphatic rings. The first-order chi connectivity index (χ1) is 18.1. The topological polar surface area (TPSA) is 60.7 Å². The Hall–Kier alpha value is -2.94. The fraction of sp³-hybridized carbons (Fsp3) is 0.514. The molecule has 0 amide bonds. The Kier molecular flexibility index (Phi) is 8.53. The molecule has 0 aromatic heterocycles. The Bertz CT molecular complexity index is 1320. The van der Waals surface area contributed by atoms with Gasteiger partial charge < -0.3 is 15.3 Å². The largest absolute Gasteiger partial charge is 0.507 e. The minimum absolute atomic E-state index is 0.0444. The van der Waals surface area contributed by atoms with E-state index in [1.165, 1.54) is 16.7 Å². The molecular weight excluding hydrogens is 492 g/mol. The van der Waals surface area contributed by atoms with Crippen LogP contribution in [-0.2, 0) is 16.2 Å². The molecule has 0 aliphatic carbocycles. The fourth-order valence-electron chi connectivity index (χ4n) is 5.78. The van der Waals surface area contributed by atoms with Crippen LogP contribution in [0, 0.1) is 20.8 Å².